The zero-order chi connectivity index (χ0) is 11.4. The fraction of sp³-hybridized carbons (Fsp3) is 0.385. The van der Waals surface area contributed by atoms with Gasteiger partial charge in [0.05, 0.1) is 6.26 Å². The molecule has 0 aromatic heterocycles. The summed E-state index contributed by atoms with van der Waals surface area (Å²) in [6.45, 7) is 2.10. The quantitative estimate of drug-likeness (QED) is 0.645. The van der Waals surface area contributed by atoms with E-state index < -0.39 is 0 Å². The van der Waals surface area contributed by atoms with Crippen molar-refractivity contribution in [2.24, 2.45) is 5.92 Å². The molecule has 1 fully saturated rings. The van der Waals surface area contributed by atoms with Crippen LogP contribution in [0.3, 0.4) is 0 Å². The highest BCUT2D eigenvalue weighted by molar-refractivity contribution is 14.1. The highest BCUT2D eigenvalue weighted by Gasteiger charge is 2.18. The second-order valence-electron chi connectivity index (χ2n) is 4.12. The molecule has 0 aliphatic carbocycles. The topological polar surface area (TPSA) is 32.3 Å². The number of nitrogens with one attached hydrogen (secondary N) is 1. The highest BCUT2D eigenvalue weighted by Crippen LogP contribution is 2.29. The molecule has 2 N–H and O–H groups in total. The highest BCUT2D eigenvalue weighted by atomic mass is 127. The number of piperidine rings is 1. The minimum Gasteiger partial charge on any atom is -0.515 e. The van der Waals surface area contributed by atoms with E-state index in [9.17, 15) is 5.11 Å². The zero-order valence-electron chi connectivity index (χ0n) is 9.12. The molecule has 0 unspecified atom stereocenters. The van der Waals surface area contributed by atoms with E-state index in [1.165, 1.54) is 9.83 Å². The third-order valence-electron chi connectivity index (χ3n) is 3.10. The summed E-state index contributed by atoms with van der Waals surface area (Å²) in [5.74, 6) is 0.492. The summed E-state index contributed by atoms with van der Waals surface area (Å²) in [4.78, 5) is 0. The van der Waals surface area contributed by atoms with E-state index in [1.807, 2.05) is 0 Å². The van der Waals surface area contributed by atoms with Gasteiger partial charge in [0.15, 0.2) is 0 Å². The van der Waals surface area contributed by atoms with Crippen LogP contribution < -0.4 is 5.32 Å². The van der Waals surface area contributed by atoms with Gasteiger partial charge in [0.2, 0.25) is 0 Å². The van der Waals surface area contributed by atoms with Crippen molar-refractivity contribution < 1.29 is 5.11 Å². The van der Waals surface area contributed by atoms with E-state index in [1.54, 1.807) is 0 Å². The van der Waals surface area contributed by atoms with Gasteiger partial charge in [0, 0.05) is 3.57 Å². The van der Waals surface area contributed by atoms with Crippen LogP contribution in [0.25, 0.3) is 5.57 Å². The zero-order valence-corrected chi connectivity index (χ0v) is 11.3. The van der Waals surface area contributed by atoms with Gasteiger partial charge in [-0.2, -0.15) is 0 Å². The number of halogens is 1. The SMILES string of the molecule is OC=C(c1ccc(I)cc1)C1CCNCC1. The van der Waals surface area contributed by atoms with Gasteiger partial charge in [0.25, 0.3) is 0 Å². The molecule has 1 aliphatic rings. The molecule has 1 heterocycles. The standard InChI is InChI=1S/C13H16INO/c14-12-3-1-10(2-4-12)13(9-16)11-5-7-15-8-6-11/h1-4,9,11,15-16H,5-8H2. The van der Waals surface area contributed by atoms with Crippen molar-refractivity contribution in [3.63, 3.8) is 0 Å². The summed E-state index contributed by atoms with van der Waals surface area (Å²) in [6, 6.07) is 8.35. The van der Waals surface area contributed by atoms with Gasteiger partial charge < -0.3 is 10.4 Å². The molecule has 0 atom stereocenters. The Kier molecular flexibility index (Phi) is 4.23. The molecule has 0 spiro atoms. The predicted molar refractivity (Wildman–Crippen MR) is 75.4 cm³/mol. The van der Waals surface area contributed by atoms with Crippen molar-refractivity contribution in [3.05, 3.63) is 39.7 Å². The van der Waals surface area contributed by atoms with E-state index in [2.05, 4.69) is 52.2 Å². The fourth-order valence-corrected chi connectivity index (χ4v) is 2.55. The predicted octanol–water partition coefficient (Wildman–Crippen LogP) is 3.19. The van der Waals surface area contributed by atoms with E-state index >= 15 is 0 Å². The van der Waals surface area contributed by atoms with Crippen LogP contribution >= 0.6 is 22.6 Å². The molecule has 0 radical (unpaired) electrons. The van der Waals surface area contributed by atoms with Crippen LogP contribution in [0.5, 0.6) is 0 Å². The van der Waals surface area contributed by atoms with Crippen LogP contribution in [-0.4, -0.2) is 18.2 Å². The van der Waals surface area contributed by atoms with Gasteiger partial charge in [-0.15, -0.1) is 0 Å². The van der Waals surface area contributed by atoms with Crippen LogP contribution in [0.2, 0.25) is 0 Å². The first-order valence-electron chi connectivity index (χ1n) is 5.62. The maximum atomic E-state index is 9.42. The summed E-state index contributed by atoms with van der Waals surface area (Å²) in [6.07, 6.45) is 3.51. The minimum atomic E-state index is 0.492. The molecule has 1 aromatic rings. The van der Waals surface area contributed by atoms with Gasteiger partial charge in [-0.3, -0.25) is 0 Å². The Bertz CT molecular complexity index is 366. The van der Waals surface area contributed by atoms with Crippen molar-refractivity contribution in [1.29, 1.82) is 0 Å². The Morgan fingerprint density at radius 1 is 1.25 bits per heavy atom. The van der Waals surface area contributed by atoms with Crippen LogP contribution in [-0.2, 0) is 0 Å². The monoisotopic (exact) mass is 329 g/mol. The molecular formula is C13H16INO. The molecule has 0 amide bonds. The van der Waals surface area contributed by atoms with Gasteiger partial charge in [-0.05, 0) is 77.7 Å². The Morgan fingerprint density at radius 2 is 1.88 bits per heavy atom. The first-order chi connectivity index (χ1) is 7.81. The molecule has 16 heavy (non-hydrogen) atoms. The van der Waals surface area contributed by atoms with Crippen LogP contribution in [0, 0.1) is 9.49 Å². The first-order valence-corrected chi connectivity index (χ1v) is 6.70. The number of allylic oxidation sites excluding steroid dienone is 1. The van der Waals surface area contributed by atoms with Gasteiger partial charge in [-0.1, -0.05) is 12.1 Å². The second-order valence-corrected chi connectivity index (χ2v) is 5.36. The van der Waals surface area contributed by atoms with Crippen molar-refractivity contribution in [2.45, 2.75) is 12.8 Å². The summed E-state index contributed by atoms with van der Waals surface area (Å²) >= 11 is 2.29. The number of rotatable bonds is 2. The molecule has 2 rings (SSSR count). The van der Waals surface area contributed by atoms with Gasteiger partial charge in [-0.25, -0.2) is 0 Å². The summed E-state index contributed by atoms with van der Waals surface area (Å²) in [5.41, 5.74) is 2.23. The molecule has 1 saturated heterocycles. The molecule has 0 bridgehead atoms. The van der Waals surface area contributed by atoms with Gasteiger partial charge >= 0.3 is 0 Å². The number of aliphatic hydroxyl groups is 1. The van der Waals surface area contributed by atoms with E-state index in [-0.39, 0.29) is 0 Å². The summed E-state index contributed by atoms with van der Waals surface area (Å²) in [5, 5.41) is 12.8. The second kappa shape index (κ2) is 5.68. The lowest BCUT2D eigenvalue weighted by Gasteiger charge is -2.24. The molecule has 1 aromatic carbocycles. The number of hydrogen-bond acceptors (Lipinski definition) is 2. The molecule has 1 aliphatic heterocycles. The normalized spacial score (nSPS) is 18.7. The smallest absolute Gasteiger partial charge is 0.0832 e. The average Bonchev–Trinajstić information content (AvgIpc) is 2.34. The van der Waals surface area contributed by atoms with Crippen molar-refractivity contribution in [3.8, 4) is 0 Å². The molecule has 86 valence electrons. The van der Waals surface area contributed by atoms with E-state index in [0.29, 0.717) is 5.92 Å². The third-order valence-corrected chi connectivity index (χ3v) is 3.81. The lowest BCUT2D eigenvalue weighted by molar-refractivity contribution is 0.427. The molecule has 2 nitrogen and oxygen atoms in total. The van der Waals surface area contributed by atoms with Crippen molar-refractivity contribution in [2.75, 3.05) is 13.1 Å². The lowest BCUT2D eigenvalue weighted by Crippen LogP contribution is -2.28. The molecular weight excluding hydrogens is 313 g/mol. The Hall–Kier alpha value is -0.550. The fourth-order valence-electron chi connectivity index (χ4n) is 2.19. The largest absolute Gasteiger partial charge is 0.515 e. The Labute approximate surface area is 110 Å². The number of benzene rings is 1. The van der Waals surface area contributed by atoms with E-state index in [4.69, 9.17) is 0 Å². The van der Waals surface area contributed by atoms with Crippen LogP contribution in [0.4, 0.5) is 0 Å². The van der Waals surface area contributed by atoms with Crippen LogP contribution in [0.1, 0.15) is 18.4 Å². The van der Waals surface area contributed by atoms with E-state index in [0.717, 1.165) is 37.1 Å². The maximum Gasteiger partial charge on any atom is 0.0832 e. The van der Waals surface area contributed by atoms with Crippen LogP contribution in [0.15, 0.2) is 30.5 Å². The molecule has 0 saturated carbocycles. The van der Waals surface area contributed by atoms with Crippen molar-refractivity contribution in [1.82, 2.24) is 5.32 Å². The lowest BCUT2D eigenvalue weighted by atomic mass is 9.86. The minimum absolute atomic E-state index is 0.492. The first kappa shape index (κ1) is 11.9. The summed E-state index contributed by atoms with van der Waals surface area (Å²) in [7, 11) is 0. The third kappa shape index (κ3) is 2.77. The maximum absolute atomic E-state index is 9.42. The Morgan fingerprint density at radius 3 is 2.44 bits per heavy atom. The average molecular weight is 329 g/mol. The van der Waals surface area contributed by atoms with Crippen molar-refractivity contribution >= 4 is 28.2 Å². The molecule has 3 heteroatoms. The Balaban J connectivity index is 2.18. The summed E-state index contributed by atoms with van der Waals surface area (Å²) < 4.78 is 1.23. The number of hydrogen-bond donors (Lipinski definition) is 2. The number of aliphatic hydroxyl groups excluding tert-OH is 1. The van der Waals surface area contributed by atoms with Gasteiger partial charge in [0.1, 0.15) is 0 Å².